The number of nitrogens with zero attached hydrogens (tertiary/aromatic N) is 1. The smallest absolute Gasteiger partial charge is 0.313 e. The van der Waals surface area contributed by atoms with Crippen LogP contribution in [0.5, 0.6) is 0 Å². The number of aliphatic imine (C=N–C) groups is 1. The van der Waals surface area contributed by atoms with E-state index in [0.717, 1.165) is 17.6 Å². The van der Waals surface area contributed by atoms with Crippen LogP contribution in [0.1, 0.15) is 48.0 Å². The summed E-state index contributed by atoms with van der Waals surface area (Å²) in [5.41, 5.74) is 2.18. The summed E-state index contributed by atoms with van der Waals surface area (Å²) in [6.45, 7) is 17.7. The molecule has 0 saturated heterocycles. The van der Waals surface area contributed by atoms with Crippen LogP contribution in [0.2, 0.25) is 18.1 Å². The first kappa shape index (κ1) is 21.1. The van der Waals surface area contributed by atoms with Gasteiger partial charge in [-0.2, -0.15) is 0 Å². The molecule has 0 aromatic heterocycles. The molecule has 0 N–H and O–H groups in total. The lowest BCUT2D eigenvalue weighted by molar-refractivity contribution is -0.148. The van der Waals surface area contributed by atoms with Crippen LogP contribution in [0.3, 0.4) is 0 Å². The van der Waals surface area contributed by atoms with E-state index in [-0.39, 0.29) is 28.9 Å². The SMILES string of the molecule is CCOC(=O)[C@H]1/C(=C(/C)C=NC)C[C@H](O[Si](C)(C)C(C)(C)C)[C@@H]1C. The Bertz CT molecular complexity index is 517. The molecule has 1 aliphatic rings. The maximum Gasteiger partial charge on any atom is 0.313 e. The molecule has 1 fully saturated rings. The summed E-state index contributed by atoms with van der Waals surface area (Å²) in [5.74, 6) is -0.240. The molecule has 0 aromatic carbocycles. The lowest BCUT2D eigenvalue weighted by atomic mass is 9.92. The average Bonchev–Trinajstić information content (AvgIpc) is 2.75. The van der Waals surface area contributed by atoms with Crippen LogP contribution in [0.4, 0.5) is 0 Å². The first-order chi connectivity index (χ1) is 11.0. The largest absolute Gasteiger partial charge is 0.466 e. The molecule has 0 heterocycles. The Kier molecular flexibility index (Phi) is 7.00. The van der Waals surface area contributed by atoms with Gasteiger partial charge in [0.25, 0.3) is 0 Å². The number of allylic oxidation sites excluding steroid dienone is 1. The van der Waals surface area contributed by atoms with Crippen molar-refractivity contribution in [1.29, 1.82) is 0 Å². The minimum Gasteiger partial charge on any atom is -0.466 e. The zero-order valence-electron chi connectivity index (χ0n) is 16.9. The topological polar surface area (TPSA) is 47.9 Å². The van der Waals surface area contributed by atoms with Crippen LogP contribution in [0.25, 0.3) is 0 Å². The average molecular weight is 354 g/mol. The van der Waals surface area contributed by atoms with Gasteiger partial charge in [-0.1, -0.05) is 27.7 Å². The summed E-state index contributed by atoms with van der Waals surface area (Å²) < 4.78 is 12.0. The van der Waals surface area contributed by atoms with Crippen LogP contribution in [-0.4, -0.2) is 40.3 Å². The third-order valence-corrected chi connectivity index (χ3v) is 10.0. The molecule has 0 aromatic rings. The fourth-order valence-electron chi connectivity index (χ4n) is 3.04. The molecule has 0 amide bonds. The van der Waals surface area contributed by atoms with Crippen molar-refractivity contribution in [2.24, 2.45) is 16.8 Å². The highest BCUT2D eigenvalue weighted by molar-refractivity contribution is 6.74. The van der Waals surface area contributed by atoms with Gasteiger partial charge < -0.3 is 9.16 Å². The molecule has 0 bridgehead atoms. The van der Waals surface area contributed by atoms with Gasteiger partial charge in [-0.15, -0.1) is 0 Å². The molecule has 4 nitrogen and oxygen atoms in total. The molecule has 1 aliphatic carbocycles. The van der Waals surface area contributed by atoms with Crippen LogP contribution >= 0.6 is 0 Å². The number of rotatable bonds is 5. The van der Waals surface area contributed by atoms with E-state index in [1.54, 1.807) is 7.05 Å². The van der Waals surface area contributed by atoms with Gasteiger partial charge in [-0.3, -0.25) is 9.79 Å². The quantitative estimate of drug-likeness (QED) is 0.412. The van der Waals surface area contributed by atoms with Gasteiger partial charge in [-0.05, 0) is 55.5 Å². The summed E-state index contributed by atoms with van der Waals surface area (Å²) >= 11 is 0. The summed E-state index contributed by atoms with van der Waals surface area (Å²) in [4.78, 5) is 16.7. The first-order valence-corrected chi connectivity index (χ1v) is 11.8. The Morgan fingerprint density at radius 2 is 1.96 bits per heavy atom. The molecule has 0 aliphatic heterocycles. The highest BCUT2D eigenvalue weighted by Crippen LogP contribution is 2.45. The van der Waals surface area contributed by atoms with Gasteiger partial charge in [0.2, 0.25) is 0 Å². The lowest BCUT2D eigenvalue weighted by Crippen LogP contribution is -2.45. The summed E-state index contributed by atoms with van der Waals surface area (Å²) in [6, 6.07) is 0. The fraction of sp³-hybridized carbons (Fsp3) is 0.789. The van der Waals surface area contributed by atoms with Crippen molar-refractivity contribution in [2.45, 2.75) is 72.2 Å². The zero-order valence-corrected chi connectivity index (χ0v) is 17.9. The van der Waals surface area contributed by atoms with E-state index in [0.29, 0.717) is 6.61 Å². The molecule has 1 rings (SSSR count). The van der Waals surface area contributed by atoms with Gasteiger partial charge >= 0.3 is 5.97 Å². The van der Waals surface area contributed by atoms with Gasteiger partial charge in [0.05, 0.1) is 18.6 Å². The Hall–Kier alpha value is -0.943. The number of hydrogen-bond acceptors (Lipinski definition) is 4. The summed E-state index contributed by atoms with van der Waals surface area (Å²) in [7, 11) is -0.130. The van der Waals surface area contributed by atoms with Crippen LogP contribution in [0, 0.1) is 11.8 Å². The number of carbonyl (C=O) groups excluding carboxylic acids is 1. The number of hydrogen-bond donors (Lipinski definition) is 0. The minimum absolute atomic E-state index is 0.0653. The third kappa shape index (κ3) is 4.57. The Morgan fingerprint density at radius 1 is 1.38 bits per heavy atom. The molecule has 0 spiro atoms. The number of carbonyl (C=O) groups is 1. The van der Waals surface area contributed by atoms with E-state index in [9.17, 15) is 4.79 Å². The first-order valence-electron chi connectivity index (χ1n) is 8.92. The molecular weight excluding hydrogens is 318 g/mol. The van der Waals surface area contributed by atoms with Crippen molar-refractivity contribution in [3.05, 3.63) is 11.1 Å². The summed E-state index contributed by atoms with van der Waals surface area (Å²) in [6.07, 6.45) is 2.69. The van der Waals surface area contributed by atoms with Gasteiger partial charge in [0.1, 0.15) is 0 Å². The molecule has 1 saturated carbocycles. The second-order valence-corrected chi connectivity index (χ2v) is 13.1. The van der Waals surface area contributed by atoms with Crippen molar-refractivity contribution < 1.29 is 14.0 Å². The summed E-state index contributed by atoms with van der Waals surface area (Å²) in [5, 5.41) is 0.151. The van der Waals surface area contributed by atoms with Gasteiger partial charge in [0, 0.05) is 13.3 Å². The second-order valence-electron chi connectivity index (χ2n) is 8.31. The van der Waals surface area contributed by atoms with Crippen molar-refractivity contribution in [3.8, 4) is 0 Å². The predicted molar refractivity (Wildman–Crippen MR) is 103 cm³/mol. The van der Waals surface area contributed by atoms with Gasteiger partial charge in [-0.25, -0.2) is 0 Å². The molecular formula is C19H35NO3Si. The maximum absolute atomic E-state index is 12.5. The fourth-order valence-corrected chi connectivity index (χ4v) is 4.45. The minimum atomic E-state index is -1.89. The molecule has 24 heavy (non-hydrogen) atoms. The van der Waals surface area contributed by atoms with Gasteiger partial charge in [0.15, 0.2) is 8.32 Å². The van der Waals surface area contributed by atoms with Crippen molar-refractivity contribution in [1.82, 2.24) is 0 Å². The van der Waals surface area contributed by atoms with Crippen molar-refractivity contribution in [2.75, 3.05) is 13.7 Å². The van der Waals surface area contributed by atoms with E-state index in [4.69, 9.17) is 9.16 Å². The lowest BCUT2D eigenvalue weighted by Gasteiger charge is -2.39. The molecule has 5 heteroatoms. The Balaban J connectivity index is 3.16. The van der Waals surface area contributed by atoms with Crippen LogP contribution in [0.15, 0.2) is 16.1 Å². The van der Waals surface area contributed by atoms with Crippen LogP contribution in [-0.2, 0) is 14.0 Å². The van der Waals surface area contributed by atoms with E-state index in [1.807, 2.05) is 20.1 Å². The highest BCUT2D eigenvalue weighted by atomic mass is 28.4. The third-order valence-electron chi connectivity index (χ3n) is 5.53. The number of ether oxygens (including phenoxy) is 1. The van der Waals surface area contributed by atoms with E-state index in [2.05, 4.69) is 45.8 Å². The van der Waals surface area contributed by atoms with E-state index < -0.39 is 8.32 Å². The van der Waals surface area contributed by atoms with Crippen molar-refractivity contribution in [3.63, 3.8) is 0 Å². The predicted octanol–water partition coefficient (Wildman–Crippen LogP) is 4.61. The Labute approximate surface area is 148 Å². The molecule has 0 radical (unpaired) electrons. The van der Waals surface area contributed by atoms with E-state index in [1.165, 1.54) is 0 Å². The normalized spacial score (nSPS) is 27.6. The molecule has 138 valence electrons. The standard InChI is InChI=1S/C19H35NO3Si/c1-10-22-18(21)17-14(3)16(11-15(17)13(2)12-20-7)23-24(8,9)19(4,5)6/h12,14,16-17H,10-11H2,1-9H3/b15-13-,20-12?/t14-,16-,17+/m0/s1. The zero-order chi connectivity index (χ0) is 18.7. The second kappa shape index (κ2) is 7.96. The van der Waals surface area contributed by atoms with E-state index >= 15 is 0 Å². The molecule has 0 unspecified atom stereocenters. The monoisotopic (exact) mass is 353 g/mol. The Morgan fingerprint density at radius 3 is 2.42 bits per heavy atom. The number of esters is 1. The van der Waals surface area contributed by atoms with Crippen molar-refractivity contribution >= 4 is 20.5 Å². The maximum atomic E-state index is 12.5. The van der Waals surface area contributed by atoms with Crippen LogP contribution < -0.4 is 0 Å². The molecule has 3 atom stereocenters. The highest BCUT2D eigenvalue weighted by Gasteiger charge is 2.47.